The third-order valence-corrected chi connectivity index (χ3v) is 18.3. The molecule has 8 heteroatoms. The van der Waals surface area contributed by atoms with Gasteiger partial charge in [0.1, 0.15) is 22.9 Å². The van der Waals surface area contributed by atoms with Crippen molar-refractivity contribution >= 4 is 27.7 Å². The Kier molecular flexibility index (Phi) is 6.10. The SMILES string of the molecule is COc1cccc(OC)c1NC(=O)c1ccc(OC2=CC3=C(CC2(C)C)[Si](C)(C)C[Si]3(C)C)o1. The molecule has 2 aromatic rings. The van der Waals surface area contributed by atoms with Gasteiger partial charge in [-0.15, -0.1) is 0 Å². The maximum atomic E-state index is 12.9. The maximum absolute atomic E-state index is 12.9. The number of hydrogen-bond acceptors (Lipinski definition) is 5. The van der Waals surface area contributed by atoms with Crippen molar-refractivity contribution in [3.8, 4) is 17.4 Å². The highest BCUT2D eigenvalue weighted by Crippen LogP contribution is 2.51. The lowest BCUT2D eigenvalue weighted by molar-refractivity contribution is 0.0988. The Bertz CT molecular complexity index is 1170. The summed E-state index contributed by atoms with van der Waals surface area (Å²) in [6.07, 6.45) is 3.32. The molecule has 2 heterocycles. The Hall–Kier alpha value is -2.72. The Morgan fingerprint density at radius 3 is 2.26 bits per heavy atom. The Morgan fingerprint density at radius 2 is 1.65 bits per heavy atom. The minimum Gasteiger partial charge on any atom is -0.494 e. The van der Waals surface area contributed by atoms with Crippen LogP contribution in [0.25, 0.3) is 0 Å². The number of benzene rings is 1. The summed E-state index contributed by atoms with van der Waals surface area (Å²) in [5.41, 5.74) is 1.71. The van der Waals surface area contributed by atoms with Crippen molar-refractivity contribution in [2.75, 3.05) is 19.5 Å². The normalized spacial score (nSPS) is 19.8. The zero-order valence-electron chi connectivity index (χ0n) is 21.4. The van der Waals surface area contributed by atoms with Crippen LogP contribution in [0.4, 0.5) is 5.69 Å². The lowest BCUT2D eigenvalue weighted by Crippen LogP contribution is -2.33. The second kappa shape index (κ2) is 8.50. The van der Waals surface area contributed by atoms with Gasteiger partial charge in [-0.3, -0.25) is 4.79 Å². The molecule has 1 aliphatic heterocycles. The summed E-state index contributed by atoms with van der Waals surface area (Å²) in [5, 5.41) is 6.11. The van der Waals surface area contributed by atoms with Crippen LogP contribution < -0.4 is 19.5 Å². The molecule has 0 unspecified atom stereocenters. The van der Waals surface area contributed by atoms with Crippen LogP contribution in [0.3, 0.4) is 0 Å². The standard InChI is InChI=1S/C26H35NO5Si2/c1-26(2)15-21-20(33(5,6)16-34(21,7)8)14-22(26)32-23-13-12-19(31-23)25(28)27-24-17(29-3)10-9-11-18(24)30-4/h9-14H,15-16H2,1-8H3,(H,27,28). The lowest BCUT2D eigenvalue weighted by Gasteiger charge is -2.35. The van der Waals surface area contributed by atoms with E-state index in [2.05, 4.69) is 51.4 Å². The number of amides is 1. The van der Waals surface area contributed by atoms with E-state index < -0.39 is 22.1 Å². The Labute approximate surface area is 204 Å². The zero-order chi connectivity index (χ0) is 24.9. The van der Waals surface area contributed by atoms with Crippen LogP contribution >= 0.6 is 0 Å². The van der Waals surface area contributed by atoms with E-state index >= 15 is 0 Å². The van der Waals surface area contributed by atoms with Crippen LogP contribution in [0.2, 0.25) is 31.9 Å². The molecular weight excluding hydrogens is 462 g/mol. The van der Waals surface area contributed by atoms with Gasteiger partial charge in [0.25, 0.3) is 11.9 Å². The number of para-hydroxylation sites is 1. The molecule has 0 radical (unpaired) electrons. The van der Waals surface area contributed by atoms with E-state index in [1.54, 1.807) is 54.9 Å². The van der Waals surface area contributed by atoms with Crippen molar-refractivity contribution in [3.63, 3.8) is 0 Å². The minimum atomic E-state index is -1.47. The van der Waals surface area contributed by atoms with Gasteiger partial charge in [0.05, 0.1) is 30.4 Å². The van der Waals surface area contributed by atoms with Gasteiger partial charge in [-0.2, -0.15) is 0 Å². The molecule has 2 aliphatic rings. The molecule has 4 rings (SSSR count). The average Bonchev–Trinajstić information content (AvgIpc) is 3.28. The Balaban J connectivity index is 1.57. The monoisotopic (exact) mass is 497 g/mol. The fraction of sp³-hybridized carbons (Fsp3) is 0.423. The van der Waals surface area contributed by atoms with Crippen LogP contribution in [0, 0.1) is 5.41 Å². The molecule has 1 aliphatic carbocycles. The first-order valence-corrected chi connectivity index (χ1v) is 18.1. The van der Waals surface area contributed by atoms with Crippen LogP contribution in [-0.2, 0) is 0 Å². The number of allylic oxidation sites excluding steroid dienone is 4. The molecular formula is C26H35NO5Si2. The first-order valence-electron chi connectivity index (χ1n) is 11.6. The molecule has 1 amide bonds. The summed E-state index contributed by atoms with van der Waals surface area (Å²) in [6, 6.07) is 8.63. The quantitative estimate of drug-likeness (QED) is 0.456. The van der Waals surface area contributed by atoms with E-state index in [1.165, 1.54) is 5.67 Å². The highest BCUT2D eigenvalue weighted by Gasteiger charge is 2.50. The summed E-state index contributed by atoms with van der Waals surface area (Å²) in [7, 11) is 0.252. The molecule has 34 heavy (non-hydrogen) atoms. The largest absolute Gasteiger partial charge is 0.494 e. The summed E-state index contributed by atoms with van der Waals surface area (Å²) in [5.74, 6) is 1.98. The van der Waals surface area contributed by atoms with Crippen LogP contribution in [0.1, 0.15) is 30.8 Å². The van der Waals surface area contributed by atoms with Gasteiger partial charge in [0, 0.05) is 11.5 Å². The summed E-state index contributed by atoms with van der Waals surface area (Å²) >= 11 is 0. The second-order valence-corrected chi connectivity index (χ2v) is 21.2. The number of furan rings is 1. The molecule has 182 valence electrons. The van der Waals surface area contributed by atoms with Crippen molar-refractivity contribution in [2.45, 2.75) is 52.1 Å². The van der Waals surface area contributed by atoms with E-state index in [9.17, 15) is 4.79 Å². The number of hydrogen-bond donors (Lipinski definition) is 1. The van der Waals surface area contributed by atoms with Crippen molar-refractivity contribution in [1.82, 2.24) is 0 Å². The molecule has 0 spiro atoms. The fourth-order valence-corrected chi connectivity index (χ4v) is 21.1. The molecule has 6 nitrogen and oxygen atoms in total. The molecule has 1 N–H and O–H groups in total. The van der Waals surface area contributed by atoms with Crippen molar-refractivity contribution in [1.29, 1.82) is 0 Å². The first-order chi connectivity index (χ1) is 15.9. The van der Waals surface area contributed by atoms with Gasteiger partial charge in [0.2, 0.25) is 0 Å². The van der Waals surface area contributed by atoms with Gasteiger partial charge in [0.15, 0.2) is 5.76 Å². The number of carbonyl (C=O) groups excluding carboxylic acids is 1. The maximum Gasteiger partial charge on any atom is 0.291 e. The number of nitrogens with one attached hydrogen (secondary N) is 1. The third kappa shape index (κ3) is 4.36. The van der Waals surface area contributed by atoms with Gasteiger partial charge < -0.3 is 23.9 Å². The van der Waals surface area contributed by atoms with Gasteiger partial charge >= 0.3 is 0 Å². The van der Waals surface area contributed by atoms with Gasteiger partial charge in [-0.25, -0.2) is 0 Å². The van der Waals surface area contributed by atoms with E-state index in [4.69, 9.17) is 18.6 Å². The highest BCUT2D eigenvalue weighted by molar-refractivity contribution is 7.06. The fourth-order valence-electron chi connectivity index (χ4n) is 5.47. The van der Waals surface area contributed by atoms with Crippen LogP contribution in [-0.4, -0.2) is 36.3 Å². The molecule has 0 bridgehead atoms. The molecule has 0 fully saturated rings. The number of carbonyl (C=O) groups is 1. The van der Waals surface area contributed by atoms with Crippen LogP contribution in [0.5, 0.6) is 17.4 Å². The van der Waals surface area contributed by atoms with E-state index in [0.717, 1.165) is 12.2 Å². The summed E-state index contributed by atoms with van der Waals surface area (Å²) in [4.78, 5) is 12.9. The Morgan fingerprint density at radius 1 is 1.00 bits per heavy atom. The second-order valence-electron chi connectivity index (χ2n) is 11.1. The van der Waals surface area contributed by atoms with Gasteiger partial charge in [-0.1, -0.05) is 62.2 Å². The van der Waals surface area contributed by atoms with E-state index in [0.29, 0.717) is 23.1 Å². The third-order valence-electron chi connectivity index (χ3n) is 7.00. The number of rotatable bonds is 6. The molecule has 0 atom stereocenters. The van der Waals surface area contributed by atoms with Crippen molar-refractivity contribution < 1.29 is 23.4 Å². The molecule has 1 aromatic carbocycles. The molecule has 0 saturated heterocycles. The van der Waals surface area contributed by atoms with Crippen molar-refractivity contribution in [3.05, 3.63) is 58.3 Å². The van der Waals surface area contributed by atoms with E-state index in [1.807, 2.05) is 0 Å². The predicted octanol–water partition coefficient (Wildman–Crippen LogP) is 6.59. The number of methoxy groups -OCH3 is 2. The lowest BCUT2D eigenvalue weighted by atomic mass is 9.83. The zero-order valence-corrected chi connectivity index (χ0v) is 23.4. The number of anilines is 1. The smallest absolute Gasteiger partial charge is 0.291 e. The highest BCUT2D eigenvalue weighted by atomic mass is 28.4. The molecule has 0 saturated carbocycles. The summed E-state index contributed by atoms with van der Waals surface area (Å²) in [6.45, 7) is 14.4. The number of ether oxygens (including phenoxy) is 3. The van der Waals surface area contributed by atoms with Gasteiger partial charge in [-0.05, 0) is 30.7 Å². The van der Waals surface area contributed by atoms with E-state index in [-0.39, 0.29) is 11.2 Å². The predicted molar refractivity (Wildman–Crippen MR) is 140 cm³/mol. The van der Waals surface area contributed by atoms with Crippen molar-refractivity contribution in [2.24, 2.45) is 5.41 Å². The first kappa shape index (κ1) is 24.4. The summed E-state index contributed by atoms with van der Waals surface area (Å²) < 4.78 is 22.8. The molecule has 1 aromatic heterocycles. The average molecular weight is 498 g/mol. The minimum absolute atomic E-state index is 0.127. The van der Waals surface area contributed by atoms with Crippen LogP contribution in [0.15, 0.2) is 57.0 Å². The topological polar surface area (TPSA) is 69.9 Å².